The Labute approximate surface area is 86.3 Å². The van der Waals surface area contributed by atoms with Crippen LogP contribution in [0.5, 0.6) is 0 Å². The largest absolute Gasteiger partial charge is 0.293 e. The van der Waals surface area contributed by atoms with Crippen LogP contribution >= 0.6 is 11.6 Å². The number of anilines is 1. The Morgan fingerprint density at radius 3 is 2.79 bits per heavy atom. The van der Waals surface area contributed by atoms with Crippen LogP contribution in [0.15, 0.2) is 24.3 Å². The van der Waals surface area contributed by atoms with Crippen LogP contribution in [-0.4, -0.2) is 11.4 Å². The molecule has 14 heavy (non-hydrogen) atoms. The van der Waals surface area contributed by atoms with Gasteiger partial charge in [-0.25, -0.2) is 4.39 Å². The topological polar surface area (TPSA) is 20.3 Å². The molecular formula is C10H9ClFNO. The van der Waals surface area contributed by atoms with Crippen molar-refractivity contribution in [1.29, 1.82) is 0 Å². The first-order chi connectivity index (χ1) is 6.63. The van der Waals surface area contributed by atoms with Crippen LogP contribution in [0.2, 0.25) is 0 Å². The summed E-state index contributed by atoms with van der Waals surface area (Å²) < 4.78 is 13.5. The zero-order valence-electron chi connectivity index (χ0n) is 7.58. The van der Waals surface area contributed by atoms with E-state index in [0.717, 1.165) is 0 Å². The minimum Gasteiger partial charge on any atom is -0.293 e. The SMILES string of the molecule is CC(Cl)N1C(=O)C(F)c2ccccc21. The predicted octanol–water partition coefficient (Wildman–Crippen LogP) is 2.63. The number of fused-ring (bicyclic) bond motifs is 1. The van der Waals surface area contributed by atoms with E-state index < -0.39 is 17.6 Å². The van der Waals surface area contributed by atoms with Gasteiger partial charge in [0.05, 0.1) is 5.69 Å². The Morgan fingerprint density at radius 2 is 2.14 bits per heavy atom. The van der Waals surface area contributed by atoms with Gasteiger partial charge in [0.2, 0.25) is 6.17 Å². The normalized spacial score (nSPS) is 22.4. The van der Waals surface area contributed by atoms with Crippen molar-refractivity contribution in [3.05, 3.63) is 29.8 Å². The van der Waals surface area contributed by atoms with Gasteiger partial charge >= 0.3 is 0 Å². The van der Waals surface area contributed by atoms with E-state index in [0.29, 0.717) is 11.3 Å². The number of nitrogens with zero attached hydrogens (tertiary/aromatic N) is 1. The number of carbonyl (C=O) groups excluding carboxylic acids is 1. The van der Waals surface area contributed by atoms with Gasteiger partial charge in [-0.05, 0) is 13.0 Å². The number of hydrogen-bond donors (Lipinski definition) is 0. The van der Waals surface area contributed by atoms with E-state index in [1.54, 1.807) is 31.2 Å². The van der Waals surface area contributed by atoms with Crippen molar-refractivity contribution in [2.75, 3.05) is 4.90 Å². The van der Waals surface area contributed by atoms with E-state index >= 15 is 0 Å². The van der Waals surface area contributed by atoms with Gasteiger partial charge in [-0.15, -0.1) is 0 Å². The molecule has 2 atom stereocenters. The molecule has 0 saturated heterocycles. The van der Waals surface area contributed by atoms with Gasteiger partial charge in [-0.3, -0.25) is 9.69 Å². The molecule has 1 aromatic carbocycles. The molecule has 74 valence electrons. The van der Waals surface area contributed by atoms with Gasteiger partial charge in [0.15, 0.2) is 0 Å². The van der Waals surface area contributed by atoms with Crippen molar-refractivity contribution in [3.8, 4) is 0 Å². The molecule has 0 saturated carbocycles. The van der Waals surface area contributed by atoms with Crippen molar-refractivity contribution in [3.63, 3.8) is 0 Å². The lowest BCUT2D eigenvalue weighted by Gasteiger charge is -2.19. The van der Waals surface area contributed by atoms with Crippen LogP contribution in [0.25, 0.3) is 0 Å². The van der Waals surface area contributed by atoms with Gasteiger partial charge in [0.1, 0.15) is 5.50 Å². The summed E-state index contributed by atoms with van der Waals surface area (Å²) in [4.78, 5) is 12.7. The molecule has 1 aliphatic rings. The summed E-state index contributed by atoms with van der Waals surface area (Å²) in [5.74, 6) is -0.575. The number of alkyl halides is 2. The fourth-order valence-corrected chi connectivity index (χ4v) is 1.86. The standard InChI is InChI=1S/C10H9ClFNO/c1-6(11)13-8-5-3-2-4-7(8)9(12)10(13)14/h2-6,9H,1H3. The van der Waals surface area contributed by atoms with Crippen molar-refractivity contribution in [1.82, 2.24) is 0 Å². The molecule has 1 heterocycles. The molecule has 1 aromatic rings. The van der Waals surface area contributed by atoms with Crippen LogP contribution in [0.4, 0.5) is 10.1 Å². The fraction of sp³-hybridized carbons (Fsp3) is 0.300. The molecular weight excluding hydrogens is 205 g/mol. The summed E-state index contributed by atoms with van der Waals surface area (Å²) >= 11 is 5.81. The first kappa shape index (κ1) is 9.46. The molecule has 2 unspecified atom stereocenters. The molecule has 0 fully saturated rings. The highest BCUT2D eigenvalue weighted by Crippen LogP contribution is 2.39. The Bertz CT molecular complexity index is 380. The lowest BCUT2D eigenvalue weighted by Crippen LogP contribution is -2.32. The van der Waals surface area contributed by atoms with E-state index in [1.165, 1.54) is 4.90 Å². The Morgan fingerprint density at radius 1 is 1.50 bits per heavy atom. The highest BCUT2D eigenvalue weighted by Gasteiger charge is 2.38. The van der Waals surface area contributed by atoms with Crippen LogP contribution in [0.1, 0.15) is 18.7 Å². The molecule has 1 aliphatic heterocycles. The summed E-state index contributed by atoms with van der Waals surface area (Å²) in [5.41, 5.74) is 0.460. The lowest BCUT2D eigenvalue weighted by molar-refractivity contribution is -0.122. The molecule has 2 nitrogen and oxygen atoms in total. The number of amides is 1. The fourth-order valence-electron chi connectivity index (χ4n) is 1.66. The first-order valence-corrected chi connectivity index (χ1v) is 4.76. The zero-order chi connectivity index (χ0) is 10.3. The third-order valence-electron chi connectivity index (χ3n) is 2.28. The summed E-state index contributed by atoms with van der Waals surface area (Å²) in [7, 11) is 0. The zero-order valence-corrected chi connectivity index (χ0v) is 8.33. The molecule has 1 amide bonds. The Hall–Kier alpha value is -1.09. The first-order valence-electron chi connectivity index (χ1n) is 4.33. The van der Waals surface area contributed by atoms with E-state index in [4.69, 9.17) is 11.6 Å². The molecule has 0 aromatic heterocycles. The molecule has 0 radical (unpaired) electrons. The van der Waals surface area contributed by atoms with Gasteiger partial charge < -0.3 is 0 Å². The van der Waals surface area contributed by atoms with Crippen molar-refractivity contribution in [2.24, 2.45) is 0 Å². The number of benzene rings is 1. The lowest BCUT2D eigenvalue weighted by atomic mass is 10.1. The minimum absolute atomic E-state index is 0.407. The minimum atomic E-state index is -1.56. The van der Waals surface area contributed by atoms with Gasteiger partial charge in [0, 0.05) is 5.56 Å². The number of rotatable bonds is 1. The van der Waals surface area contributed by atoms with Crippen molar-refractivity contribution in [2.45, 2.75) is 18.6 Å². The number of carbonyl (C=O) groups is 1. The van der Waals surface area contributed by atoms with Crippen molar-refractivity contribution < 1.29 is 9.18 Å². The smallest absolute Gasteiger partial charge is 0.267 e. The maximum absolute atomic E-state index is 13.5. The highest BCUT2D eigenvalue weighted by atomic mass is 35.5. The van der Waals surface area contributed by atoms with Gasteiger partial charge in [-0.1, -0.05) is 29.8 Å². The molecule has 0 bridgehead atoms. The van der Waals surface area contributed by atoms with Crippen LogP contribution in [0, 0.1) is 0 Å². The second-order valence-electron chi connectivity index (χ2n) is 3.20. The summed E-state index contributed by atoms with van der Waals surface area (Å²) in [6.07, 6.45) is -1.56. The maximum atomic E-state index is 13.5. The van der Waals surface area contributed by atoms with E-state index in [-0.39, 0.29) is 0 Å². The second-order valence-corrected chi connectivity index (χ2v) is 3.84. The number of para-hydroxylation sites is 1. The average molecular weight is 214 g/mol. The summed E-state index contributed by atoms with van der Waals surface area (Å²) in [6, 6.07) is 6.78. The Balaban J connectivity index is 2.53. The molecule has 0 spiro atoms. The van der Waals surface area contributed by atoms with Gasteiger partial charge in [0.25, 0.3) is 5.91 Å². The molecule has 0 aliphatic carbocycles. The van der Waals surface area contributed by atoms with Crippen molar-refractivity contribution >= 4 is 23.2 Å². The number of halogens is 2. The summed E-state index contributed by atoms with van der Waals surface area (Å²) in [5, 5.41) is 0. The summed E-state index contributed by atoms with van der Waals surface area (Å²) in [6.45, 7) is 1.65. The van der Waals surface area contributed by atoms with E-state index in [1.807, 2.05) is 0 Å². The molecule has 0 N–H and O–H groups in total. The van der Waals surface area contributed by atoms with E-state index in [9.17, 15) is 9.18 Å². The highest BCUT2D eigenvalue weighted by molar-refractivity contribution is 6.25. The quantitative estimate of drug-likeness (QED) is 0.519. The van der Waals surface area contributed by atoms with E-state index in [2.05, 4.69) is 0 Å². The van der Waals surface area contributed by atoms with Crippen LogP contribution in [-0.2, 0) is 4.79 Å². The third kappa shape index (κ3) is 1.20. The van der Waals surface area contributed by atoms with Crippen LogP contribution in [0.3, 0.4) is 0 Å². The maximum Gasteiger partial charge on any atom is 0.267 e. The second kappa shape index (κ2) is 3.24. The third-order valence-corrected chi connectivity index (χ3v) is 2.47. The Kier molecular flexibility index (Phi) is 2.19. The predicted molar refractivity (Wildman–Crippen MR) is 53.1 cm³/mol. The van der Waals surface area contributed by atoms with Crippen LogP contribution < -0.4 is 4.90 Å². The number of hydrogen-bond acceptors (Lipinski definition) is 1. The monoisotopic (exact) mass is 213 g/mol. The molecule has 2 rings (SSSR count). The average Bonchev–Trinajstić information content (AvgIpc) is 2.41. The van der Waals surface area contributed by atoms with Gasteiger partial charge in [-0.2, -0.15) is 0 Å². The molecule has 4 heteroatoms.